The summed E-state index contributed by atoms with van der Waals surface area (Å²) in [5, 5.41) is 9.38. The van der Waals surface area contributed by atoms with Crippen LogP contribution in [0, 0.1) is 6.92 Å². The Morgan fingerprint density at radius 1 is 1.47 bits per heavy atom. The molecule has 1 heterocycles. The second kappa shape index (κ2) is 6.04. The zero-order chi connectivity index (χ0) is 13.7. The van der Waals surface area contributed by atoms with Gasteiger partial charge in [-0.1, -0.05) is 17.7 Å². The summed E-state index contributed by atoms with van der Waals surface area (Å²) in [6.07, 6.45) is 3.75. The molecule has 0 fully saturated rings. The molecule has 0 aliphatic rings. The summed E-state index contributed by atoms with van der Waals surface area (Å²) in [5.74, 6) is 0.703. The minimum atomic E-state index is -0.0369. The van der Waals surface area contributed by atoms with Gasteiger partial charge in [-0.25, -0.2) is 0 Å². The first-order chi connectivity index (χ1) is 9.19. The molecule has 0 radical (unpaired) electrons. The second-order valence-corrected chi connectivity index (χ2v) is 4.38. The fourth-order valence-corrected chi connectivity index (χ4v) is 1.86. The van der Waals surface area contributed by atoms with Crippen molar-refractivity contribution < 1.29 is 9.53 Å². The van der Waals surface area contributed by atoms with Crippen LogP contribution < -0.4 is 10.1 Å². The van der Waals surface area contributed by atoms with Gasteiger partial charge in [-0.15, -0.1) is 0 Å². The molecule has 5 heteroatoms. The number of nitrogens with zero attached hydrogens (tertiary/aromatic N) is 1. The number of H-pyrrole nitrogens is 1. The number of aromatic nitrogens is 2. The highest BCUT2D eigenvalue weighted by atomic mass is 16.5. The molecule has 0 unspecified atom stereocenters. The van der Waals surface area contributed by atoms with Crippen LogP contribution in [0.4, 0.5) is 0 Å². The van der Waals surface area contributed by atoms with Crippen LogP contribution in [0.15, 0.2) is 30.6 Å². The molecular weight excluding hydrogens is 242 g/mol. The van der Waals surface area contributed by atoms with Gasteiger partial charge in [0.25, 0.3) is 0 Å². The van der Waals surface area contributed by atoms with Gasteiger partial charge < -0.3 is 10.1 Å². The molecule has 0 aliphatic carbocycles. The largest absolute Gasteiger partial charge is 0.496 e. The fraction of sp³-hybridized carbons (Fsp3) is 0.286. The van der Waals surface area contributed by atoms with Crippen LogP contribution >= 0.6 is 0 Å². The quantitative estimate of drug-likeness (QED) is 0.856. The van der Waals surface area contributed by atoms with Crippen LogP contribution in [0.2, 0.25) is 0 Å². The van der Waals surface area contributed by atoms with Gasteiger partial charge in [-0.3, -0.25) is 9.89 Å². The number of nitrogens with one attached hydrogen (secondary N) is 2. The van der Waals surface area contributed by atoms with E-state index in [0.717, 1.165) is 22.4 Å². The summed E-state index contributed by atoms with van der Waals surface area (Å²) >= 11 is 0. The highest BCUT2D eigenvalue weighted by molar-refractivity contribution is 5.79. The van der Waals surface area contributed by atoms with Gasteiger partial charge in [0.2, 0.25) is 5.91 Å². The minimum Gasteiger partial charge on any atom is -0.496 e. The Hall–Kier alpha value is -2.30. The fourth-order valence-electron chi connectivity index (χ4n) is 1.86. The number of rotatable bonds is 5. The van der Waals surface area contributed by atoms with Gasteiger partial charge in [-0.2, -0.15) is 5.10 Å². The first-order valence-corrected chi connectivity index (χ1v) is 6.07. The Labute approximate surface area is 112 Å². The van der Waals surface area contributed by atoms with Crippen LogP contribution in [0.25, 0.3) is 0 Å². The van der Waals surface area contributed by atoms with E-state index in [1.165, 1.54) is 0 Å². The monoisotopic (exact) mass is 259 g/mol. The number of carbonyl (C=O) groups is 1. The van der Waals surface area contributed by atoms with E-state index < -0.39 is 0 Å². The molecule has 0 saturated carbocycles. The lowest BCUT2D eigenvalue weighted by Crippen LogP contribution is -2.24. The Bertz CT molecular complexity index is 550. The van der Waals surface area contributed by atoms with Crippen LogP contribution in [-0.2, 0) is 17.8 Å². The summed E-state index contributed by atoms with van der Waals surface area (Å²) in [4.78, 5) is 11.9. The summed E-state index contributed by atoms with van der Waals surface area (Å²) in [5.41, 5.74) is 2.95. The number of aromatic amines is 1. The van der Waals surface area contributed by atoms with Crippen molar-refractivity contribution in [3.63, 3.8) is 0 Å². The average Bonchev–Trinajstić information content (AvgIpc) is 2.90. The molecule has 0 saturated heterocycles. The van der Waals surface area contributed by atoms with Gasteiger partial charge in [0, 0.05) is 23.9 Å². The van der Waals surface area contributed by atoms with Gasteiger partial charge >= 0.3 is 0 Å². The summed E-state index contributed by atoms with van der Waals surface area (Å²) in [6.45, 7) is 2.47. The van der Waals surface area contributed by atoms with Crippen molar-refractivity contribution in [2.24, 2.45) is 0 Å². The number of methoxy groups -OCH3 is 1. The van der Waals surface area contributed by atoms with Crippen molar-refractivity contribution in [1.82, 2.24) is 15.5 Å². The lowest BCUT2D eigenvalue weighted by Gasteiger charge is -2.09. The number of amides is 1. The summed E-state index contributed by atoms with van der Waals surface area (Å²) in [7, 11) is 1.61. The summed E-state index contributed by atoms with van der Waals surface area (Å²) in [6, 6.07) is 5.82. The van der Waals surface area contributed by atoms with E-state index in [9.17, 15) is 4.79 Å². The third-order valence-corrected chi connectivity index (χ3v) is 2.83. The van der Waals surface area contributed by atoms with Crippen LogP contribution in [0.3, 0.4) is 0 Å². The van der Waals surface area contributed by atoms with Crippen LogP contribution in [-0.4, -0.2) is 23.2 Å². The Kier molecular flexibility index (Phi) is 4.18. The third kappa shape index (κ3) is 3.58. The van der Waals surface area contributed by atoms with E-state index in [1.54, 1.807) is 19.5 Å². The molecule has 1 aromatic heterocycles. The van der Waals surface area contributed by atoms with E-state index >= 15 is 0 Å². The standard InChI is InChI=1S/C14H17N3O2/c1-10-3-4-13(19-2)12(5-10)6-14(18)15-7-11-8-16-17-9-11/h3-5,8-9H,6-7H2,1-2H3,(H,15,18)(H,16,17). The highest BCUT2D eigenvalue weighted by Crippen LogP contribution is 2.20. The molecule has 2 aromatic rings. The van der Waals surface area contributed by atoms with Crippen molar-refractivity contribution in [3.8, 4) is 5.75 Å². The number of aryl methyl sites for hydroxylation is 1. The molecule has 0 spiro atoms. The van der Waals surface area contributed by atoms with E-state index in [1.807, 2.05) is 25.1 Å². The van der Waals surface area contributed by atoms with Crippen molar-refractivity contribution in [2.75, 3.05) is 7.11 Å². The molecule has 2 rings (SSSR count). The van der Waals surface area contributed by atoms with E-state index in [4.69, 9.17) is 4.74 Å². The summed E-state index contributed by atoms with van der Waals surface area (Å²) < 4.78 is 5.26. The van der Waals surface area contributed by atoms with Gasteiger partial charge in [0.1, 0.15) is 5.75 Å². The van der Waals surface area contributed by atoms with Gasteiger partial charge in [0.05, 0.1) is 19.7 Å². The van der Waals surface area contributed by atoms with E-state index in [-0.39, 0.29) is 5.91 Å². The molecular formula is C14H17N3O2. The molecule has 5 nitrogen and oxygen atoms in total. The molecule has 2 N–H and O–H groups in total. The molecule has 100 valence electrons. The number of benzene rings is 1. The predicted octanol–water partition coefficient (Wildman–Crippen LogP) is 1.59. The molecule has 1 aromatic carbocycles. The Balaban J connectivity index is 1.96. The first-order valence-electron chi connectivity index (χ1n) is 6.07. The molecule has 0 atom stereocenters. The Morgan fingerprint density at radius 2 is 2.32 bits per heavy atom. The molecule has 1 amide bonds. The first kappa shape index (κ1) is 13.1. The van der Waals surface area contributed by atoms with Crippen molar-refractivity contribution >= 4 is 5.91 Å². The van der Waals surface area contributed by atoms with Crippen molar-refractivity contribution in [1.29, 1.82) is 0 Å². The Morgan fingerprint density at radius 3 is 3.00 bits per heavy atom. The van der Waals surface area contributed by atoms with Crippen molar-refractivity contribution in [2.45, 2.75) is 19.9 Å². The lowest BCUT2D eigenvalue weighted by atomic mass is 10.1. The maximum atomic E-state index is 11.9. The van der Waals surface area contributed by atoms with Gasteiger partial charge in [-0.05, 0) is 13.0 Å². The smallest absolute Gasteiger partial charge is 0.224 e. The maximum absolute atomic E-state index is 11.9. The number of hydrogen-bond acceptors (Lipinski definition) is 3. The van der Waals surface area contributed by atoms with Crippen LogP contribution in [0.1, 0.15) is 16.7 Å². The highest BCUT2D eigenvalue weighted by Gasteiger charge is 2.09. The van der Waals surface area contributed by atoms with Crippen molar-refractivity contribution in [3.05, 3.63) is 47.3 Å². The topological polar surface area (TPSA) is 67.0 Å². The number of hydrogen-bond donors (Lipinski definition) is 2. The predicted molar refractivity (Wildman–Crippen MR) is 71.9 cm³/mol. The lowest BCUT2D eigenvalue weighted by molar-refractivity contribution is -0.120. The number of carbonyl (C=O) groups excluding carboxylic acids is 1. The van der Waals surface area contributed by atoms with E-state index in [2.05, 4.69) is 15.5 Å². The molecule has 19 heavy (non-hydrogen) atoms. The van der Waals surface area contributed by atoms with E-state index in [0.29, 0.717) is 13.0 Å². The van der Waals surface area contributed by atoms with Crippen LogP contribution in [0.5, 0.6) is 5.75 Å². The SMILES string of the molecule is COc1ccc(C)cc1CC(=O)NCc1cn[nH]c1. The maximum Gasteiger partial charge on any atom is 0.224 e. The zero-order valence-corrected chi connectivity index (χ0v) is 11.1. The number of ether oxygens (including phenoxy) is 1. The second-order valence-electron chi connectivity index (χ2n) is 4.38. The average molecular weight is 259 g/mol. The van der Waals surface area contributed by atoms with Gasteiger partial charge in [0.15, 0.2) is 0 Å². The normalized spacial score (nSPS) is 10.2. The minimum absolute atomic E-state index is 0.0369. The zero-order valence-electron chi connectivity index (χ0n) is 11.1. The molecule has 0 aliphatic heterocycles. The third-order valence-electron chi connectivity index (χ3n) is 2.83. The molecule has 0 bridgehead atoms.